The molecule has 18 heteroatoms. The first kappa shape index (κ1) is 66.3. The minimum absolute atomic E-state index is 0. The molecule has 0 unspecified atom stereocenters. The molecule has 10 aromatic rings. The minimum atomic E-state index is -0.171. The van der Waals surface area contributed by atoms with Gasteiger partial charge in [0, 0.05) is 72.5 Å². The third-order valence-corrected chi connectivity index (χ3v) is 10.8. The molecule has 10 heterocycles. The summed E-state index contributed by atoms with van der Waals surface area (Å²) in [7, 11) is 0. The van der Waals surface area contributed by atoms with Crippen molar-refractivity contribution in [3.8, 4) is 46.1 Å². The summed E-state index contributed by atoms with van der Waals surface area (Å²) in [5.74, 6) is 3.47. The second-order valence-corrected chi connectivity index (χ2v) is 17.2. The number of carbonyl (C=O) groups is 1. The van der Waals surface area contributed by atoms with Crippen molar-refractivity contribution in [1.29, 1.82) is 5.26 Å². The molecule has 0 amide bonds. The first-order valence-electron chi connectivity index (χ1n) is 25.2. The average molecular weight is 1130 g/mol. The summed E-state index contributed by atoms with van der Waals surface area (Å²) in [4.78, 5) is 44.7. The van der Waals surface area contributed by atoms with E-state index in [0.717, 1.165) is 60.7 Å². The van der Waals surface area contributed by atoms with Gasteiger partial charge in [0.15, 0.2) is 11.5 Å². The number of aromatic nitrogens is 8. The van der Waals surface area contributed by atoms with Gasteiger partial charge in [-0.05, 0) is 128 Å². The third-order valence-electron chi connectivity index (χ3n) is 10.2. The van der Waals surface area contributed by atoms with Crippen LogP contribution in [0.5, 0.6) is 17.2 Å². The summed E-state index contributed by atoms with van der Waals surface area (Å²) in [6.45, 7) is 13.9. The quantitative estimate of drug-likeness (QED) is 0.0555. The van der Waals surface area contributed by atoms with Crippen LogP contribution in [0, 0.1) is 18.3 Å². The van der Waals surface area contributed by atoms with E-state index in [-0.39, 0.29) is 30.4 Å². The molecule has 0 aromatic carbocycles. The van der Waals surface area contributed by atoms with Crippen molar-refractivity contribution in [2.75, 3.05) is 0 Å². The van der Waals surface area contributed by atoms with Crippen molar-refractivity contribution in [2.24, 2.45) is 0 Å². The molecule has 0 fully saturated rings. The van der Waals surface area contributed by atoms with E-state index in [1.165, 1.54) is 6.42 Å². The number of ketones is 1. The summed E-state index contributed by atoms with van der Waals surface area (Å²) in [6, 6.07) is 45.0. The number of pyridine rings is 8. The van der Waals surface area contributed by atoms with Crippen molar-refractivity contribution in [3.05, 3.63) is 251 Å². The molecule has 0 atom stereocenters. The molecule has 1 N–H and O–H groups in total. The molecular weight excluding hydrogens is 1060 g/mol. The topological polar surface area (TPSA) is 200 Å². The Hall–Kier alpha value is -8.01. The van der Waals surface area contributed by atoms with Gasteiger partial charge >= 0.3 is 18.9 Å². The zero-order valence-corrected chi connectivity index (χ0v) is 47.9. The molecule has 14 nitrogen and oxygen atoms in total. The molecule has 0 aliphatic heterocycles. The maximum absolute atomic E-state index is 11.8. The van der Waals surface area contributed by atoms with Crippen LogP contribution in [-0.4, -0.2) is 50.8 Å². The molecule has 0 saturated heterocycles. The fraction of sp³-hybridized carbons (Fsp3) is 0.177. The van der Waals surface area contributed by atoms with Crippen LogP contribution in [0.2, 0.25) is 15.3 Å². The maximum Gasteiger partial charge on any atom is 1.00 e. The van der Waals surface area contributed by atoms with Crippen molar-refractivity contribution in [2.45, 2.75) is 73.1 Å². The molecule has 406 valence electrons. The van der Waals surface area contributed by atoms with E-state index >= 15 is 0 Å². The number of rotatable bonds is 11. The monoisotopic (exact) mass is 1120 g/mol. The van der Waals surface area contributed by atoms with Gasteiger partial charge in [0.05, 0.1) is 17.7 Å². The number of nitriles is 1. The number of hydrogen-bond acceptors (Lipinski definition) is 14. The summed E-state index contributed by atoms with van der Waals surface area (Å²) in [5.41, 5.74) is 5.55. The third kappa shape index (κ3) is 24.3. The Labute approximate surface area is 495 Å². The Morgan fingerprint density at radius 2 is 1.18 bits per heavy atom. The van der Waals surface area contributed by atoms with Gasteiger partial charge in [-0.2, -0.15) is 11.7 Å². The second-order valence-electron chi connectivity index (χ2n) is 15.9. The van der Waals surface area contributed by atoms with Crippen LogP contribution in [-0.2, 0) is 25.7 Å². The van der Waals surface area contributed by atoms with Crippen LogP contribution in [0.3, 0.4) is 0 Å². The van der Waals surface area contributed by atoms with Crippen molar-refractivity contribution < 1.29 is 42.3 Å². The number of carbonyl (C=O) groups excluding carboxylic acids is 1. The number of aromatic hydroxyl groups is 1. The summed E-state index contributed by atoms with van der Waals surface area (Å²) < 4.78 is 16.3. The van der Waals surface area contributed by atoms with Gasteiger partial charge in [-0.1, -0.05) is 100 Å². The number of aryl methyl sites for hydroxylation is 4. The van der Waals surface area contributed by atoms with E-state index in [1.807, 2.05) is 92.7 Å². The Kier molecular flexibility index (Phi) is 31.9. The first-order chi connectivity index (χ1) is 38.4. The van der Waals surface area contributed by atoms with E-state index in [1.54, 1.807) is 116 Å². The predicted molar refractivity (Wildman–Crippen MR) is 312 cm³/mol. The van der Waals surface area contributed by atoms with Crippen LogP contribution in [0.25, 0.3) is 22.8 Å². The molecule has 10 rings (SSSR count). The molecular formula is C62H61Cl3LiN9O5. The van der Waals surface area contributed by atoms with Gasteiger partial charge < -0.3 is 25.6 Å². The smallest absolute Gasteiger partial charge is 0.506 e. The summed E-state index contributed by atoms with van der Waals surface area (Å²) in [5, 5.41) is 19.3. The van der Waals surface area contributed by atoms with Crippen molar-refractivity contribution in [3.63, 3.8) is 0 Å². The Balaban J connectivity index is 0.000000259. The molecule has 10 aromatic heterocycles. The summed E-state index contributed by atoms with van der Waals surface area (Å²) in [6.07, 6.45) is 17.2. The van der Waals surface area contributed by atoms with Gasteiger partial charge in [-0.25, -0.2) is 24.9 Å². The van der Waals surface area contributed by atoms with Crippen LogP contribution in [0.4, 0.5) is 0 Å². The average Bonchev–Trinajstić information content (AvgIpc) is 4.25. The minimum Gasteiger partial charge on any atom is -0.506 e. The van der Waals surface area contributed by atoms with Gasteiger partial charge in [-0.3, -0.25) is 19.7 Å². The Morgan fingerprint density at radius 3 is 1.62 bits per heavy atom. The van der Waals surface area contributed by atoms with E-state index in [9.17, 15) is 9.90 Å². The number of unbranched alkanes of at least 4 members (excludes halogenated alkanes) is 1. The maximum atomic E-state index is 11.8. The zero-order valence-electron chi connectivity index (χ0n) is 45.6. The fourth-order valence-corrected chi connectivity index (χ4v) is 6.60. The SMILES string of the molecule is CCc1ccc(C(=O)c2ccccn2)o1.CCc1ccc(O)c(-c2ccccn2)n1.CCc1ccc(Oc2ccnc(Cl)c2)c(-c2ccccn2)n1.CCc1ccco1.Clc1ccnc(Cl)c1.N#Cc1ccccn1.[CH2-]CCC.[Li+]. The van der Waals surface area contributed by atoms with Gasteiger partial charge in [-0.15, -0.1) is 0 Å². The van der Waals surface area contributed by atoms with Crippen LogP contribution >= 0.6 is 34.8 Å². The Morgan fingerprint density at radius 1 is 0.600 bits per heavy atom. The van der Waals surface area contributed by atoms with Crippen molar-refractivity contribution >= 4 is 40.6 Å². The summed E-state index contributed by atoms with van der Waals surface area (Å²) >= 11 is 16.9. The molecule has 0 aliphatic carbocycles. The van der Waals surface area contributed by atoms with Crippen molar-refractivity contribution in [1.82, 2.24) is 39.9 Å². The molecule has 0 radical (unpaired) electrons. The zero-order chi connectivity index (χ0) is 57.0. The molecule has 0 bridgehead atoms. The molecule has 0 aliphatic rings. The molecule has 0 saturated carbocycles. The van der Waals surface area contributed by atoms with E-state index in [0.29, 0.717) is 61.1 Å². The first-order valence-corrected chi connectivity index (χ1v) is 26.3. The van der Waals surface area contributed by atoms with Gasteiger partial charge in [0.25, 0.3) is 0 Å². The molecule has 0 spiro atoms. The van der Waals surface area contributed by atoms with E-state index in [2.05, 4.69) is 67.6 Å². The largest absolute Gasteiger partial charge is 1.00 e. The second kappa shape index (κ2) is 38.5. The number of nitrogens with zero attached hydrogens (tertiary/aromatic N) is 9. The van der Waals surface area contributed by atoms with Crippen LogP contribution in [0.15, 0.2) is 198 Å². The van der Waals surface area contributed by atoms with Crippen LogP contribution < -0.4 is 23.6 Å². The van der Waals surface area contributed by atoms with E-state index < -0.39 is 0 Å². The number of hydrogen-bond donors (Lipinski definition) is 1. The van der Waals surface area contributed by atoms with Gasteiger partial charge in [0.1, 0.15) is 62.2 Å². The number of halogens is 3. The van der Waals surface area contributed by atoms with Gasteiger partial charge in [0.2, 0.25) is 5.78 Å². The Bertz CT molecular complexity index is 3300. The van der Waals surface area contributed by atoms with E-state index in [4.69, 9.17) is 53.6 Å². The predicted octanol–water partition coefficient (Wildman–Crippen LogP) is 13.2. The molecule has 80 heavy (non-hydrogen) atoms. The normalized spacial score (nSPS) is 9.60. The number of furan rings is 2. The standard InChI is InChI=1S/C17H14ClN3O.C12H12N2O.C12H11NO2.C6H4N2.C6H8O.C5H3Cl2N.C4H9.Li/c1-2-12-6-7-15(22-13-8-10-20-16(18)11-13)17(21-12)14-5-3-4-9-19-14;1-2-9-6-7-11(15)12(14-9)10-5-3-4-8-13-10;1-2-9-6-7-11(15-9)12(14)10-5-3-4-8-13-10;7-5-6-3-1-2-4-8-6;1-2-6-4-3-5-7-6;6-4-1-2-8-5(7)3-4;1-3-4-2;/h3-11H,2H2,1H3;3-8,15H,2H2,1H3;3-8H,2H2,1H3;1-4H;3-5H,2H2,1H3;1-3H;1,3-4H2,2H3;/q;;;;;;-1;+1. The fourth-order valence-electron chi connectivity index (χ4n) is 6.04. The number of ether oxygens (including phenoxy) is 1. The van der Waals surface area contributed by atoms with Crippen LogP contribution in [0.1, 0.15) is 92.3 Å².